The first kappa shape index (κ1) is 67.3. The molecule has 0 radical (unpaired) electrons. The number of aryl methyl sites for hydroxylation is 6. The third-order valence-electron chi connectivity index (χ3n) is 17.1. The Morgan fingerprint density at radius 1 is 0.216 bits per heavy atom. The fourth-order valence-electron chi connectivity index (χ4n) is 12.2. The van der Waals surface area contributed by atoms with Gasteiger partial charge in [0.25, 0.3) is 0 Å². The van der Waals surface area contributed by atoms with E-state index in [1.807, 2.05) is 120 Å². The summed E-state index contributed by atoms with van der Waals surface area (Å²) in [7, 11) is 0. The van der Waals surface area contributed by atoms with Crippen molar-refractivity contribution in [1.29, 1.82) is 0 Å². The Morgan fingerprint density at radius 2 is 0.598 bits per heavy atom. The summed E-state index contributed by atoms with van der Waals surface area (Å²) < 4.78 is 0. The zero-order valence-corrected chi connectivity index (χ0v) is 57.5. The molecule has 6 aromatic heterocycles. The zero-order chi connectivity index (χ0) is 70.0. The smallest absolute Gasteiger partial charge is 0.163 e. The maximum atomic E-state index is 4.53. The summed E-state index contributed by atoms with van der Waals surface area (Å²) >= 11 is 0. The van der Waals surface area contributed by atoms with E-state index in [0.29, 0.717) is 0 Å². The molecule has 0 atom stereocenters. The van der Waals surface area contributed by atoms with Gasteiger partial charge in [0.05, 0.1) is 34.7 Å². The summed E-state index contributed by atoms with van der Waals surface area (Å²) in [4.78, 5) is 51.8. The van der Waals surface area contributed by atoms with Crippen molar-refractivity contribution < 1.29 is 0 Å². The Morgan fingerprint density at radius 3 is 1.04 bits per heavy atom. The van der Waals surface area contributed by atoms with E-state index in [2.05, 4.69) is 279 Å². The number of rotatable bonds is 6. The van der Waals surface area contributed by atoms with E-state index in [4.69, 9.17) is 0 Å². The summed E-state index contributed by atoms with van der Waals surface area (Å²) in [5, 5.41) is 14.7. The fraction of sp³-hybridized carbons (Fsp3) is 0.0667. The molecular formula is C90H72N12. The third kappa shape index (κ3) is 16.4. The molecule has 18 aromatic rings. The summed E-state index contributed by atoms with van der Waals surface area (Å²) in [6.45, 7) is 11.8. The number of aromatic nitrogens is 12. The van der Waals surface area contributed by atoms with Gasteiger partial charge in [-0.05, 0) is 142 Å². The number of hydrogen-bond acceptors (Lipinski definition) is 12. The summed E-state index contributed by atoms with van der Waals surface area (Å²) in [6, 6.07) is 97.6. The minimum absolute atomic E-state index is 0.731. The Bertz CT molecular complexity index is 4950. The zero-order valence-electron chi connectivity index (χ0n) is 57.5. The van der Waals surface area contributed by atoms with Crippen molar-refractivity contribution in [3.05, 3.63) is 363 Å². The molecule has 12 nitrogen and oxygen atoms in total. The molecule has 0 amide bonds. The van der Waals surface area contributed by atoms with Gasteiger partial charge in [-0.3, -0.25) is 9.97 Å². The molecule has 0 aliphatic heterocycles. The minimum atomic E-state index is 0.731. The third-order valence-corrected chi connectivity index (χ3v) is 17.1. The molecule has 0 aliphatic rings. The SMILES string of the molecule is Cc1cc(-c2cccc3ccccc23)ncn1.Cc1ccnc(-c2cccc3ccccc23)c1.Cc1ccnc(-c2cccc3ccccc23)n1.Cc1cncc(-c2cccc3ccccc23)n1.Cc1nccc(-c2cccc3ccccc23)n1.Cc1ncnc(-c2cccc3ccccc23)n1. The molecule has 0 N–H and O–H groups in total. The molecule has 0 saturated carbocycles. The van der Waals surface area contributed by atoms with Gasteiger partial charge in [0.2, 0.25) is 0 Å². The Hall–Kier alpha value is -13.3. The summed E-state index contributed by atoms with van der Waals surface area (Å²) in [6.07, 6.45) is 12.2. The van der Waals surface area contributed by atoms with Crippen LogP contribution in [0.4, 0.5) is 0 Å². The van der Waals surface area contributed by atoms with Crippen LogP contribution >= 0.6 is 0 Å². The number of fused-ring (bicyclic) bond motifs is 6. The Labute approximate surface area is 593 Å². The summed E-state index contributed by atoms with van der Waals surface area (Å²) in [5.41, 5.74) is 14.9. The van der Waals surface area contributed by atoms with E-state index in [0.717, 1.165) is 91.0 Å². The van der Waals surface area contributed by atoms with Gasteiger partial charge in [0, 0.05) is 69.6 Å². The molecule has 0 fully saturated rings. The lowest BCUT2D eigenvalue weighted by Crippen LogP contribution is -1.94. The van der Waals surface area contributed by atoms with Crippen LogP contribution in [0.2, 0.25) is 0 Å². The van der Waals surface area contributed by atoms with Crippen LogP contribution in [0.5, 0.6) is 0 Å². The van der Waals surface area contributed by atoms with Gasteiger partial charge in [-0.1, -0.05) is 255 Å². The van der Waals surface area contributed by atoms with Crippen LogP contribution in [-0.2, 0) is 0 Å². The molecule has 102 heavy (non-hydrogen) atoms. The highest BCUT2D eigenvalue weighted by atomic mass is 15.0. The second-order valence-electron chi connectivity index (χ2n) is 24.3. The Kier molecular flexibility index (Phi) is 21.3. The van der Waals surface area contributed by atoms with Gasteiger partial charge in [-0.25, -0.2) is 49.8 Å². The molecule has 0 unspecified atom stereocenters. The first-order valence-corrected chi connectivity index (χ1v) is 33.7. The molecule has 12 heteroatoms. The minimum Gasteiger partial charge on any atom is -0.261 e. The van der Waals surface area contributed by atoms with Crippen LogP contribution in [0.1, 0.15) is 34.3 Å². The van der Waals surface area contributed by atoms with Gasteiger partial charge in [0.15, 0.2) is 11.6 Å². The van der Waals surface area contributed by atoms with E-state index in [1.54, 1.807) is 31.2 Å². The van der Waals surface area contributed by atoms with Crippen molar-refractivity contribution in [1.82, 2.24) is 59.8 Å². The average molecular weight is 1320 g/mol. The van der Waals surface area contributed by atoms with Crippen LogP contribution in [0.25, 0.3) is 132 Å². The molecule has 0 aliphatic carbocycles. The number of nitrogens with zero attached hydrogens (tertiary/aromatic N) is 12. The van der Waals surface area contributed by atoms with Gasteiger partial charge in [0.1, 0.15) is 24.3 Å². The molecule has 0 saturated heterocycles. The van der Waals surface area contributed by atoms with Crippen LogP contribution in [0.15, 0.2) is 329 Å². The first-order valence-electron chi connectivity index (χ1n) is 33.7. The quantitative estimate of drug-likeness (QED) is 0.156. The molecule has 18 rings (SSSR count). The lowest BCUT2D eigenvalue weighted by molar-refractivity contribution is 0.984. The predicted molar refractivity (Wildman–Crippen MR) is 418 cm³/mol. The molecular weight excluding hydrogens is 1250 g/mol. The maximum Gasteiger partial charge on any atom is 0.163 e. The maximum absolute atomic E-state index is 4.53. The monoisotopic (exact) mass is 1320 g/mol. The van der Waals surface area contributed by atoms with Crippen molar-refractivity contribution in [2.24, 2.45) is 0 Å². The number of benzene rings is 12. The van der Waals surface area contributed by atoms with E-state index < -0.39 is 0 Å². The van der Waals surface area contributed by atoms with Crippen molar-refractivity contribution in [3.63, 3.8) is 0 Å². The largest absolute Gasteiger partial charge is 0.261 e. The predicted octanol–water partition coefficient (Wildman–Crippen LogP) is 21.6. The van der Waals surface area contributed by atoms with Crippen LogP contribution in [-0.4, -0.2) is 59.8 Å². The van der Waals surface area contributed by atoms with Gasteiger partial charge < -0.3 is 0 Å². The van der Waals surface area contributed by atoms with Crippen molar-refractivity contribution in [3.8, 4) is 67.8 Å². The molecule has 0 bridgehead atoms. The number of hydrogen-bond donors (Lipinski definition) is 0. The van der Waals surface area contributed by atoms with E-state index >= 15 is 0 Å². The van der Waals surface area contributed by atoms with Crippen LogP contribution in [0, 0.1) is 41.5 Å². The van der Waals surface area contributed by atoms with Gasteiger partial charge in [-0.2, -0.15) is 0 Å². The highest BCUT2D eigenvalue weighted by Gasteiger charge is 2.11. The normalized spacial score (nSPS) is 10.6. The lowest BCUT2D eigenvalue weighted by Gasteiger charge is -2.06. The summed E-state index contributed by atoms with van der Waals surface area (Å²) in [5.74, 6) is 3.06. The topological polar surface area (TPSA) is 155 Å². The standard InChI is InChI=1S/C16H13N.4C15H12N2.C14H11N3/c1-12-9-10-17-16(11-12)15-8-4-6-13-5-2-3-7-14(13)15;1-11-9-16-10-15(17-11)14-8-4-6-12-5-2-3-7-13(12)14;1-11-9-15(17-10-16-11)14-8-4-6-12-5-2-3-7-13(12)14;1-11-16-10-9-15(17-11)14-8-4-6-12-5-2-3-7-13(12)14;1-11-9-10-16-15(17-11)14-8-4-6-12-5-2-3-7-13(12)14;1-10-15-9-16-14(17-10)13-8-4-6-11-5-2-3-7-12(11)13/h2-11H,1H3;4*2-10H,1H3;2-9H,1H3. The van der Waals surface area contributed by atoms with Gasteiger partial charge in [-0.15, -0.1) is 0 Å². The second kappa shape index (κ2) is 32.4. The van der Waals surface area contributed by atoms with E-state index in [1.165, 1.54) is 75.8 Å². The first-order chi connectivity index (χ1) is 50.1. The molecule has 12 aromatic carbocycles. The Balaban J connectivity index is 0.000000109. The highest BCUT2D eigenvalue weighted by molar-refractivity contribution is 6.00. The highest BCUT2D eigenvalue weighted by Crippen LogP contribution is 2.33. The lowest BCUT2D eigenvalue weighted by atomic mass is 10.0. The van der Waals surface area contributed by atoms with Crippen LogP contribution < -0.4 is 0 Å². The molecule has 0 spiro atoms. The van der Waals surface area contributed by atoms with E-state index in [9.17, 15) is 0 Å². The van der Waals surface area contributed by atoms with Crippen molar-refractivity contribution >= 4 is 64.6 Å². The van der Waals surface area contributed by atoms with Crippen molar-refractivity contribution in [2.45, 2.75) is 41.5 Å². The fourth-order valence-corrected chi connectivity index (χ4v) is 12.2. The average Bonchev–Trinajstić information content (AvgIpc) is 0.848. The molecule has 6 heterocycles. The van der Waals surface area contributed by atoms with Gasteiger partial charge >= 0.3 is 0 Å². The van der Waals surface area contributed by atoms with E-state index in [-0.39, 0.29) is 0 Å². The number of pyridine rings is 1. The van der Waals surface area contributed by atoms with Crippen molar-refractivity contribution in [2.75, 3.05) is 0 Å². The van der Waals surface area contributed by atoms with Crippen LogP contribution in [0.3, 0.4) is 0 Å². The molecule has 492 valence electrons. The second-order valence-corrected chi connectivity index (χ2v) is 24.3.